The summed E-state index contributed by atoms with van der Waals surface area (Å²) in [6.45, 7) is 0.726. The van der Waals surface area contributed by atoms with E-state index in [1.54, 1.807) is 0 Å². The molecular formula is C8H10N2O3. The molecule has 0 bridgehead atoms. The van der Waals surface area contributed by atoms with Gasteiger partial charge in [0.2, 0.25) is 12.2 Å². The van der Waals surface area contributed by atoms with Crippen molar-refractivity contribution in [1.82, 2.24) is 10.2 Å². The first-order valence-corrected chi connectivity index (χ1v) is 4.30. The Morgan fingerprint density at radius 2 is 2.31 bits per heavy atom. The molecule has 1 aliphatic heterocycles. The Balaban J connectivity index is 2.09. The fraction of sp³-hybridized carbons (Fsp3) is 0.625. The Bertz CT molecular complexity index is 291. The van der Waals surface area contributed by atoms with Gasteiger partial charge < -0.3 is 9.15 Å². The molecule has 0 amide bonds. The third-order valence-electron chi connectivity index (χ3n) is 2.01. The van der Waals surface area contributed by atoms with Crippen LogP contribution < -0.4 is 0 Å². The lowest BCUT2D eigenvalue weighted by atomic mass is 10.1. The molecule has 13 heavy (non-hydrogen) atoms. The number of nitrogens with zero attached hydrogens (tertiary/aromatic N) is 2. The second-order valence-corrected chi connectivity index (χ2v) is 2.95. The fourth-order valence-electron chi connectivity index (χ4n) is 1.36. The van der Waals surface area contributed by atoms with Crippen LogP contribution in [0.1, 0.15) is 41.9 Å². The monoisotopic (exact) mass is 182 g/mol. The third-order valence-corrected chi connectivity index (χ3v) is 2.01. The SMILES string of the molecule is O=Cc1nnc(C2CCCCO2)o1. The van der Waals surface area contributed by atoms with E-state index in [4.69, 9.17) is 9.15 Å². The molecule has 1 unspecified atom stereocenters. The first-order valence-electron chi connectivity index (χ1n) is 4.30. The maximum Gasteiger partial charge on any atom is 0.280 e. The Morgan fingerprint density at radius 1 is 1.38 bits per heavy atom. The second-order valence-electron chi connectivity index (χ2n) is 2.95. The number of hydrogen-bond acceptors (Lipinski definition) is 5. The summed E-state index contributed by atoms with van der Waals surface area (Å²) in [5, 5.41) is 7.28. The van der Waals surface area contributed by atoms with Crippen LogP contribution in [-0.2, 0) is 4.74 Å². The van der Waals surface area contributed by atoms with Crippen LogP contribution in [0.2, 0.25) is 0 Å². The van der Waals surface area contributed by atoms with Crippen molar-refractivity contribution < 1.29 is 13.9 Å². The molecule has 0 aromatic carbocycles. The average molecular weight is 182 g/mol. The summed E-state index contributed by atoms with van der Waals surface area (Å²) in [5.41, 5.74) is 0. The van der Waals surface area contributed by atoms with Gasteiger partial charge in [0, 0.05) is 6.61 Å². The minimum Gasteiger partial charge on any atom is -0.416 e. The van der Waals surface area contributed by atoms with Crippen molar-refractivity contribution in [1.29, 1.82) is 0 Å². The quantitative estimate of drug-likeness (QED) is 0.641. The molecule has 1 fully saturated rings. The molecule has 0 saturated carbocycles. The third kappa shape index (κ3) is 1.75. The molecule has 2 rings (SSSR count). The van der Waals surface area contributed by atoms with Gasteiger partial charge in [-0.15, -0.1) is 10.2 Å². The average Bonchev–Trinajstić information content (AvgIpc) is 2.67. The highest BCUT2D eigenvalue weighted by Gasteiger charge is 2.21. The molecule has 2 heterocycles. The highest BCUT2D eigenvalue weighted by molar-refractivity contribution is 5.66. The van der Waals surface area contributed by atoms with E-state index in [1.807, 2.05) is 0 Å². The van der Waals surface area contributed by atoms with Crippen LogP contribution in [0.4, 0.5) is 0 Å². The molecule has 1 saturated heterocycles. The number of rotatable bonds is 2. The van der Waals surface area contributed by atoms with E-state index in [9.17, 15) is 4.79 Å². The zero-order valence-electron chi connectivity index (χ0n) is 7.10. The molecule has 5 heteroatoms. The maximum absolute atomic E-state index is 10.3. The summed E-state index contributed by atoms with van der Waals surface area (Å²) in [5.74, 6) is 0.436. The van der Waals surface area contributed by atoms with E-state index in [1.165, 1.54) is 0 Å². The van der Waals surface area contributed by atoms with Crippen LogP contribution in [0, 0.1) is 0 Å². The number of ether oxygens (including phenoxy) is 1. The number of carbonyl (C=O) groups is 1. The Labute approximate surface area is 75.1 Å². The van der Waals surface area contributed by atoms with Gasteiger partial charge in [-0.25, -0.2) is 0 Å². The maximum atomic E-state index is 10.3. The lowest BCUT2D eigenvalue weighted by Gasteiger charge is -2.18. The molecule has 70 valence electrons. The van der Waals surface area contributed by atoms with Crippen LogP contribution in [-0.4, -0.2) is 23.1 Å². The van der Waals surface area contributed by atoms with Crippen molar-refractivity contribution in [2.24, 2.45) is 0 Å². The number of carbonyl (C=O) groups excluding carboxylic acids is 1. The van der Waals surface area contributed by atoms with Gasteiger partial charge in [-0.2, -0.15) is 0 Å². The largest absolute Gasteiger partial charge is 0.416 e. The number of hydrogen-bond donors (Lipinski definition) is 0. The Morgan fingerprint density at radius 3 is 2.92 bits per heavy atom. The van der Waals surface area contributed by atoms with Crippen LogP contribution in [0.3, 0.4) is 0 Å². The van der Waals surface area contributed by atoms with Gasteiger partial charge in [0.25, 0.3) is 5.89 Å². The summed E-state index contributed by atoms with van der Waals surface area (Å²) in [6.07, 6.45) is 3.49. The summed E-state index contributed by atoms with van der Waals surface area (Å²) < 4.78 is 10.5. The standard InChI is InChI=1S/C8H10N2O3/c11-5-7-9-10-8(13-7)6-3-1-2-4-12-6/h5-6H,1-4H2. The summed E-state index contributed by atoms with van der Waals surface area (Å²) in [6, 6.07) is 0. The van der Waals surface area contributed by atoms with Crippen molar-refractivity contribution in [3.63, 3.8) is 0 Å². The van der Waals surface area contributed by atoms with Crippen molar-refractivity contribution in [2.45, 2.75) is 25.4 Å². The van der Waals surface area contributed by atoms with E-state index in [0.717, 1.165) is 25.9 Å². The molecule has 1 atom stereocenters. The first kappa shape index (κ1) is 8.37. The van der Waals surface area contributed by atoms with E-state index in [2.05, 4.69) is 10.2 Å². The molecule has 1 aromatic heterocycles. The van der Waals surface area contributed by atoms with E-state index in [-0.39, 0.29) is 12.0 Å². The summed E-state index contributed by atoms with van der Waals surface area (Å²) in [4.78, 5) is 10.3. The Kier molecular flexibility index (Phi) is 2.35. The van der Waals surface area contributed by atoms with Gasteiger partial charge in [0.05, 0.1) is 0 Å². The lowest BCUT2D eigenvalue weighted by Crippen LogP contribution is -2.11. The van der Waals surface area contributed by atoms with Crippen molar-refractivity contribution in [2.75, 3.05) is 6.61 Å². The predicted octanol–water partition coefficient (Wildman–Crippen LogP) is 1.12. The van der Waals surface area contributed by atoms with Crippen molar-refractivity contribution in [3.05, 3.63) is 11.8 Å². The predicted molar refractivity (Wildman–Crippen MR) is 42.2 cm³/mol. The second kappa shape index (κ2) is 3.66. The van der Waals surface area contributed by atoms with Gasteiger partial charge in [-0.3, -0.25) is 4.79 Å². The molecule has 0 radical (unpaired) electrons. The van der Waals surface area contributed by atoms with E-state index in [0.29, 0.717) is 12.2 Å². The van der Waals surface area contributed by atoms with Crippen molar-refractivity contribution in [3.8, 4) is 0 Å². The molecule has 1 aromatic rings. The number of aldehydes is 1. The van der Waals surface area contributed by atoms with Crippen LogP contribution in [0.5, 0.6) is 0 Å². The zero-order chi connectivity index (χ0) is 9.10. The normalized spacial score (nSPS) is 22.9. The highest BCUT2D eigenvalue weighted by Crippen LogP contribution is 2.26. The van der Waals surface area contributed by atoms with Gasteiger partial charge in [0.1, 0.15) is 6.10 Å². The Hall–Kier alpha value is -1.23. The molecule has 0 N–H and O–H groups in total. The molecule has 0 aliphatic carbocycles. The van der Waals surface area contributed by atoms with Crippen LogP contribution in [0.15, 0.2) is 4.42 Å². The van der Waals surface area contributed by atoms with Gasteiger partial charge in [-0.05, 0) is 19.3 Å². The summed E-state index contributed by atoms with van der Waals surface area (Å²) in [7, 11) is 0. The van der Waals surface area contributed by atoms with Gasteiger partial charge >= 0.3 is 0 Å². The molecule has 0 spiro atoms. The van der Waals surface area contributed by atoms with E-state index >= 15 is 0 Å². The molecule has 5 nitrogen and oxygen atoms in total. The fourth-order valence-corrected chi connectivity index (χ4v) is 1.36. The topological polar surface area (TPSA) is 65.2 Å². The summed E-state index contributed by atoms with van der Waals surface area (Å²) >= 11 is 0. The first-order chi connectivity index (χ1) is 6.40. The zero-order valence-corrected chi connectivity index (χ0v) is 7.10. The molecule has 1 aliphatic rings. The van der Waals surface area contributed by atoms with Crippen LogP contribution in [0.25, 0.3) is 0 Å². The van der Waals surface area contributed by atoms with Gasteiger partial charge in [-0.1, -0.05) is 0 Å². The van der Waals surface area contributed by atoms with Gasteiger partial charge in [0.15, 0.2) is 0 Å². The highest BCUT2D eigenvalue weighted by atomic mass is 16.5. The smallest absolute Gasteiger partial charge is 0.280 e. The van der Waals surface area contributed by atoms with E-state index < -0.39 is 0 Å². The minimum atomic E-state index is -0.116. The van der Waals surface area contributed by atoms with Crippen molar-refractivity contribution >= 4 is 6.29 Å². The molecular weight excluding hydrogens is 172 g/mol. The number of aromatic nitrogens is 2. The minimum absolute atomic E-state index is 0.0178. The van der Waals surface area contributed by atoms with Crippen LogP contribution >= 0.6 is 0 Å². The lowest BCUT2D eigenvalue weighted by molar-refractivity contribution is -0.00186.